The topological polar surface area (TPSA) is 98.8 Å². The molecular weight excluding hydrogens is 458 g/mol. The van der Waals surface area contributed by atoms with Gasteiger partial charge in [-0.25, -0.2) is 9.13 Å². The van der Waals surface area contributed by atoms with Crippen molar-refractivity contribution in [2.45, 2.75) is 38.4 Å². The highest BCUT2D eigenvalue weighted by Gasteiger charge is 2.36. The average molecular weight is 486 g/mol. The van der Waals surface area contributed by atoms with Gasteiger partial charge in [0, 0.05) is 20.6 Å². The third kappa shape index (κ3) is 7.89. The highest BCUT2D eigenvalue weighted by molar-refractivity contribution is 7.48. The van der Waals surface area contributed by atoms with Crippen LogP contribution in [0.15, 0.2) is 60.7 Å². The summed E-state index contributed by atoms with van der Waals surface area (Å²) in [7, 11) is -5.11. The maximum atomic E-state index is 13.3. The van der Waals surface area contributed by atoms with Gasteiger partial charge in [0.15, 0.2) is 6.29 Å². The zero-order valence-corrected chi connectivity index (χ0v) is 19.8. The molecule has 3 rings (SSSR count). The number of rotatable bonds is 13. The van der Waals surface area contributed by atoms with E-state index in [9.17, 15) is 9.13 Å². The molecule has 2 aromatic rings. The zero-order valence-electron chi connectivity index (χ0n) is 18.0. The van der Waals surface area contributed by atoms with Gasteiger partial charge in [-0.15, -0.1) is 0 Å². The Labute approximate surface area is 188 Å². The second kappa shape index (κ2) is 12.2. The van der Waals surface area contributed by atoms with Crippen molar-refractivity contribution in [1.82, 2.24) is 0 Å². The van der Waals surface area contributed by atoms with Gasteiger partial charge in [-0.3, -0.25) is 27.1 Å². The van der Waals surface area contributed by atoms with Gasteiger partial charge in [-0.05, 0) is 17.5 Å². The van der Waals surface area contributed by atoms with E-state index in [1.165, 1.54) is 14.2 Å². The minimum atomic E-state index is -3.90. The molecule has 1 unspecified atom stereocenters. The van der Waals surface area contributed by atoms with Gasteiger partial charge in [-0.2, -0.15) is 0 Å². The molecule has 176 valence electrons. The van der Waals surface area contributed by atoms with E-state index in [1.807, 2.05) is 60.7 Å². The van der Waals surface area contributed by atoms with Crippen molar-refractivity contribution in [3.05, 3.63) is 71.8 Å². The molecule has 0 bridgehead atoms. The van der Waals surface area contributed by atoms with E-state index in [-0.39, 0.29) is 19.8 Å². The smallest absolute Gasteiger partial charge is 0.346 e. The molecule has 32 heavy (non-hydrogen) atoms. The van der Waals surface area contributed by atoms with E-state index < -0.39 is 28.0 Å². The standard InChI is InChI=1S/C21H28O9P2/c1-24-31(22,25-2)30-21-14-13-20(29-21)17-28-32(23,26-15-18-9-5-3-6-10-18)27-16-19-11-7-4-8-12-19/h3-12,20-21H,13-17H2,1-2H3/t20-,21?/m0/s1. The summed E-state index contributed by atoms with van der Waals surface area (Å²) in [4.78, 5) is 0. The largest absolute Gasteiger partial charge is 0.476 e. The van der Waals surface area contributed by atoms with Crippen molar-refractivity contribution in [1.29, 1.82) is 0 Å². The van der Waals surface area contributed by atoms with Gasteiger partial charge in [0.05, 0.1) is 25.9 Å². The van der Waals surface area contributed by atoms with E-state index in [0.29, 0.717) is 12.8 Å². The average Bonchev–Trinajstić information content (AvgIpc) is 3.28. The minimum Gasteiger partial charge on any atom is -0.346 e. The number of hydrogen-bond acceptors (Lipinski definition) is 9. The molecule has 0 spiro atoms. The number of benzene rings is 2. The predicted octanol–water partition coefficient (Wildman–Crippen LogP) is 5.47. The second-order valence-electron chi connectivity index (χ2n) is 6.94. The molecule has 0 saturated carbocycles. The summed E-state index contributed by atoms with van der Waals surface area (Å²) in [5, 5.41) is 0. The van der Waals surface area contributed by atoms with Crippen molar-refractivity contribution >= 4 is 15.6 Å². The highest BCUT2D eigenvalue weighted by Crippen LogP contribution is 2.52. The third-order valence-electron chi connectivity index (χ3n) is 4.65. The Morgan fingerprint density at radius 2 is 1.31 bits per heavy atom. The number of ether oxygens (including phenoxy) is 1. The van der Waals surface area contributed by atoms with Crippen LogP contribution in [0.3, 0.4) is 0 Å². The summed E-state index contributed by atoms with van der Waals surface area (Å²) in [6.45, 7) is 0.0784. The molecular formula is C21H28O9P2. The van der Waals surface area contributed by atoms with Crippen LogP contribution in [0, 0.1) is 0 Å². The Morgan fingerprint density at radius 3 is 1.81 bits per heavy atom. The molecule has 0 amide bonds. The molecule has 0 aliphatic carbocycles. The van der Waals surface area contributed by atoms with E-state index in [1.54, 1.807) is 0 Å². The van der Waals surface area contributed by atoms with Gasteiger partial charge in [0.2, 0.25) is 0 Å². The molecule has 1 saturated heterocycles. The van der Waals surface area contributed by atoms with Gasteiger partial charge in [-0.1, -0.05) is 60.7 Å². The molecule has 11 heteroatoms. The van der Waals surface area contributed by atoms with Crippen LogP contribution in [0.4, 0.5) is 0 Å². The van der Waals surface area contributed by atoms with Crippen LogP contribution in [-0.4, -0.2) is 33.2 Å². The Morgan fingerprint density at radius 1 is 0.781 bits per heavy atom. The van der Waals surface area contributed by atoms with E-state index in [4.69, 9.17) is 31.9 Å². The maximum Gasteiger partial charge on any atom is 0.476 e. The van der Waals surface area contributed by atoms with Gasteiger partial charge in [0.25, 0.3) is 0 Å². The van der Waals surface area contributed by atoms with Crippen molar-refractivity contribution in [2.75, 3.05) is 20.8 Å². The van der Waals surface area contributed by atoms with Crippen LogP contribution < -0.4 is 0 Å². The van der Waals surface area contributed by atoms with Crippen molar-refractivity contribution in [3.63, 3.8) is 0 Å². The maximum absolute atomic E-state index is 13.3. The molecule has 9 nitrogen and oxygen atoms in total. The van der Waals surface area contributed by atoms with Crippen molar-refractivity contribution < 1.29 is 41.0 Å². The second-order valence-corrected chi connectivity index (χ2v) is 10.4. The number of hydrogen-bond donors (Lipinski definition) is 0. The molecule has 1 heterocycles. The van der Waals surface area contributed by atoms with Crippen molar-refractivity contribution in [3.8, 4) is 0 Å². The normalized spacial score (nSPS) is 19.3. The molecule has 0 N–H and O–H groups in total. The molecule has 0 radical (unpaired) electrons. The lowest BCUT2D eigenvalue weighted by atomic mass is 10.2. The number of phosphoric acid groups is 2. The van der Waals surface area contributed by atoms with Gasteiger partial charge in [0.1, 0.15) is 0 Å². The number of phosphoric ester groups is 2. The summed E-state index contributed by atoms with van der Waals surface area (Å²) in [5.74, 6) is 0. The monoisotopic (exact) mass is 486 g/mol. The molecule has 2 aromatic carbocycles. The van der Waals surface area contributed by atoms with Crippen LogP contribution in [0.25, 0.3) is 0 Å². The quantitative estimate of drug-likeness (QED) is 0.342. The van der Waals surface area contributed by atoms with E-state index in [2.05, 4.69) is 0 Å². The first-order valence-electron chi connectivity index (χ1n) is 10.1. The summed E-state index contributed by atoms with van der Waals surface area (Å²) in [6.07, 6.45) is -0.249. The minimum absolute atomic E-state index is 0.0506. The summed E-state index contributed by atoms with van der Waals surface area (Å²) in [5.41, 5.74) is 1.67. The fraction of sp³-hybridized carbons (Fsp3) is 0.429. The lowest BCUT2D eigenvalue weighted by Gasteiger charge is -2.21. The first-order valence-corrected chi connectivity index (χ1v) is 13.0. The van der Waals surface area contributed by atoms with Crippen molar-refractivity contribution in [2.24, 2.45) is 0 Å². The molecule has 1 aliphatic heterocycles. The fourth-order valence-corrected chi connectivity index (χ4v) is 4.87. The van der Waals surface area contributed by atoms with Crippen LogP contribution >= 0.6 is 15.6 Å². The first kappa shape index (κ1) is 25.2. The molecule has 1 aliphatic rings. The predicted molar refractivity (Wildman–Crippen MR) is 117 cm³/mol. The summed E-state index contributed by atoms with van der Waals surface area (Å²) < 4.78 is 62.6. The Bertz CT molecular complexity index is 855. The SMILES string of the molecule is COP(=O)(OC)OC1CC[C@@H](COP(=O)(OCc2ccccc2)OCc2ccccc2)O1. The Kier molecular flexibility index (Phi) is 9.61. The fourth-order valence-electron chi connectivity index (χ4n) is 2.92. The van der Waals surface area contributed by atoms with Crippen LogP contribution in [0.5, 0.6) is 0 Å². The van der Waals surface area contributed by atoms with Crippen LogP contribution in [0.1, 0.15) is 24.0 Å². The van der Waals surface area contributed by atoms with Crippen LogP contribution in [0.2, 0.25) is 0 Å². The third-order valence-corrected chi connectivity index (χ3v) is 7.39. The molecule has 2 atom stereocenters. The van der Waals surface area contributed by atoms with Gasteiger partial charge < -0.3 is 4.74 Å². The highest BCUT2D eigenvalue weighted by atomic mass is 31.2. The zero-order chi connectivity index (χ0) is 22.9. The lowest BCUT2D eigenvalue weighted by Crippen LogP contribution is -2.18. The molecule has 1 fully saturated rings. The summed E-state index contributed by atoms with van der Waals surface area (Å²) in [6, 6.07) is 18.6. The molecule has 0 aromatic heterocycles. The lowest BCUT2D eigenvalue weighted by molar-refractivity contribution is -0.0986. The van der Waals surface area contributed by atoms with E-state index in [0.717, 1.165) is 11.1 Å². The Hall–Kier alpha value is -1.38. The van der Waals surface area contributed by atoms with E-state index >= 15 is 0 Å². The Balaban J connectivity index is 1.57. The van der Waals surface area contributed by atoms with Crippen LogP contribution in [-0.2, 0) is 54.2 Å². The summed E-state index contributed by atoms with van der Waals surface area (Å²) >= 11 is 0. The first-order chi connectivity index (χ1) is 15.4. The van der Waals surface area contributed by atoms with Gasteiger partial charge >= 0.3 is 15.6 Å².